The van der Waals surface area contributed by atoms with Gasteiger partial charge in [-0.15, -0.1) is 22.7 Å². The Labute approximate surface area is 128 Å². The average Bonchev–Trinajstić information content (AvgIpc) is 3.09. The van der Waals surface area contributed by atoms with Crippen LogP contribution in [-0.2, 0) is 13.0 Å². The maximum absolute atomic E-state index is 4.46. The highest BCUT2D eigenvalue weighted by atomic mass is 32.1. The molecule has 0 saturated carbocycles. The summed E-state index contributed by atoms with van der Waals surface area (Å²) in [5, 5.41) is 6.65. The van der Waals surface area contributed by atoms with Gasteiger partial charge in [-0.3, -0.25) is 4.90 Å². The molecule has 1 N–H and O–H groups in total. The van der Waals surface area contributed by atoms with E-state index < -0.39 is 0 Å². The molecule has 0 amide bonds. The van der Waals surface area contributed by atoms with Crippen LogP contribution in [0.1, 0.15) is 41.6 Å². The zero-order chi connectivity index (χ0) is 13.9. The molecule has 1 aliphatic rings. The van der Waals surface area contributed by atoms with Crippen molar-refractivity contribution in [2.24, 2.45) is 0 Å². The van der Waals surface area contributed by atoms with Crippen LogP contribution in [0.3, 0.4) is 0 Å². The van der Waals surface area contributed by atoms with Gasteiger partial charge in [-0.05, 0) is 36.8 Å². The van der Waals surface area contributed by atoms with Gasteiger partial charge in [0.2, 0.25) is 0 Å². The molecular formula is C15H21N3S2. The number of fused-ring (bicyclic) bond motifs is 1. The first-order valence-corrected chi connectivity index (χ1v) is 8.96. The Hall–Kier alpha value is -0.910. The highest BCUT2D eigenvalue weighted by Gasteiger charge is 2.25. The number of nitrogens with zero attached hydrogens (tertiary/aromatic N) is 2. The average molecular weight is 307 g/mol. The van der Waals surface area contributed by atoms with E-state index in [9.17, 15) is 0 Å². The molecule has 0 fully saturated rings. The first-order valence-electron chi connectivity index (χ1n) is 7.27. The van der Waals surface area contributed by atoms with Crippen molar-refractivity contribution < 1.29 is 0 Å². The second-order valence-corrected chi connectivity index (χ2v) is 7.37. The second-order valence-electron chi connectivity index (χ2n) is 5.25. The third-order valence-corrected chi connectivity index (χ3v) is 5.78. The Bertz CT molecular complexity index is 561. The SMILES string of the molecule is CCCNc1ncc(CN2CCc3sccc3C2C)s1. The van der Waals surface area contributed by atoms with Crippen molar-refractivity contribution in [2.45, 2.75) is 39.3 Å². The number of hydrogen-bond acceptors (Lipinski definition) is 5. The standard InChI is InChI=1S/C15H21N3S2/c1-3-6-16-15-17-9-12(20-15)10-18-7-4-14-13(11(18)2)5-8-19-14/h5,8-9,11H,3-4,6-7,10H2,1-2H3,(H,16,17). The first-order chi connectivity index (χ1) is 9.78. The zero-order valence-corrected chi connectivity index (χ0v) is 13.7. The molecule has 0 saturated heterocycles. The molecule has 3 heterocycles. The van der Waals surface area contributed by atoms with E-state index in [1.807, 2.05) is 17.5 Å². The molecule has 20 heavy (non-hydrogen) atoms. The molecule has 0 spiro atoms. The summed E-state index contributed by atoms with van der Waals surface area (Å²) in [5.41, 5.74) is 1.52. The van der Waals surface area contributed by atoms with Crippen molar-refractivity contribution in [1.82, 2.24) is 9.88 Å². The summed E-state index contributed by atoms with van der Waals surface area (Å²) in [6, 6.07) is 2.82. The molecule has 0 bridgehead atoms. The number of aromatic nitrogens is 1. The number of thiazole rings is 1. The van der Waals surface area contributed by atoms with Gasteiger partial charge in [-0.25, -0.2) is 4.98 Å². The summed E-state index contributed by atoms with van der Waals surface area (Å²) < 4.78 is 0. The molecule has 1 atom stereocenters. The largest absolute Gasteiger partial charge is 0.362 e. The summed E-state index contributed by atoms with van der Waals surface area (Å²) in [6.45, 7) is 7.68. The minimum absolute atomic E-state index is 0.527. The van der Waals surface area contributed by atoms with Crippen LogP contribution in [0.4, 0.5) is 5.13 Å². The minimum atomic E-state index is 0.527. The lowest BCUT2D eigenvalue weighted by molar-refractivity contribution is 0.193. The lowest BCUT2D eigenvalue weighted by Gasteiger charge is -2.33. The smallest absolute Gasteiger partial charge is 0.182 e. The Balaban J connectivity index is 1.65. The number of anilines is 1. The molecule has 2 aromatic heterocycles. The van der Waals surface area contributed by atoms with Gasteiger partial charge in [-0.1, -0.05) is 6.92 Å². The summed E-state index contributed by atoms with van der Waals surface area (Å²) >= 11 is 3.69. The molecule has 2 aromatic rings. The van der Waals surface area contributed by atoms with E-state index in [2.05, 4.69) is 40.5 Å². The van der Waals surface area contributed by atoms with E-state index in [0.29, 0.717) is 6.04 Å². The maximum Gasteiger partial charge on any atom is 0.182 e. The molecule has 108 valence electrons. The quantitative estimate of drug-likeness (QED) is 0.899. The lowest BCUT2D eigenvalue weighted by atomic mass is 10.0. The maximum atomic E-state index is 4.46. The van der Waals surface area contributed by atoms with E-state index in [0.717, 1.165) is 31.2 Å². The molecule has 1 unspecified atom stereocenters. The predicted molar refractivity (Wildman–Crippen MR) is 87.7 cm³/mol. The third kappa shape index (κ3) is 2.90. The van der Waals surface area contributed by atoms with Crippen molar-refractivity contribution in [3.8, 4) is 0 Å². The van der Waals surface area contributed by atoms with Gasteiger partial charge < -0.3 is 5.32 Å². The van der Waals surface area contributed by atoms with Crippen LogP contribution in [0.25, 0.3) is 0 Å². The third-order valence-electron chi connectivity index (χ3n) is 3.84. The van der Waals surface area contributed by atoms with Crippen molar-refractivity contribution in [3.05, 3.63) is 33.0 Å². The Morgan fingerprint density at radius 3 is 3.25 bits per heavy atom. The Morgan fingerprint density at radius 2 is 2.40 bits per heavy atom. The number of thiophene rings is 1. The van der Waals surface area contributed by atoms with E-state index in [1.165, 1.54) is 16.9 Å². The Kier molecular flexibility index (Phi) is 4.38. The van der Waals surface area contributed by atoms with E-state index in [1.54, 1.807) is 16.2 Å². The van der Waals surface area contributed by atoms with E-state index in [-0.39, 0.29) is 0 Å². The van der Waals surface area contributed by atoms with Gasteiger partial charge in [0, 0.05) is 41.6 Å². The van der Waals surface area contributed by atoms with Crippen molar-refractivity contribution in [3.63, 3.8) is 0 Å². The van der Waals surface area contributed by atoms with E-state index in [4.69, 9.17) is 0 Å². The van der Waals surface area contributed by atoms with Gasteiger partial charge in [0.25, 0.3) is 0 Å². The van der Waals surface area contributed by atoms with Gasteiger partial charge in [0.05, 0.1) is 0 Å². The lowest BCUT2D eigenvalue weighted by Crippen LogP contribution is -2.32. The normalized spacial score (nSPS) is 19.0. The molecule has 0 aliphatic carbocycles. The number of hydrogen-bond donors (Lipinski definition) is 1. The van der Waals surface area contributed by atoms with Gasteiger partial charge in [0.1, 0.15) is 0 Å². The van der Waals surface area contributed by atoms with Crippen molar-refractivity contribution in [1.29, 1.82) is 0 Å². The highest BCUT2D eigenvalue weighted by molar-refractivity contribution is 7.15. The monoisotopic (exact) mass is 307 g/mol. The van der Waals surface area contributed by atoms with E-state index >= 15 is 0 Å². The molecule has 0 aromatic carbocycles. The van der Waals surface area contributed by atoms with Gasteiger partial charge >= 0.3 is 0 Å². The van der Waals surface area contributed by atoms with Crippen LogP contribution in [-0.4, -0.2) is 23.0 Å². The molecule has 3 rings (SSSR count). The van der Waals surface area contributed by atoms with Crippen LogP contribution >= 0.6 is 22.7 Å². The summed E-state index contributed by atoms with van der Waals surface area (Å²) in [6.07, 6.45) is 4.36. The number of rotatable bonds is 5. The van der Waals surface area contributed by atoms with Gasteiger partial charge in [-0.2, -0.15) is 0 Å². The number of nitrogens with one attached hydrogen (secondary N) is 1. The van der Waals surface area contributed by atoms with Crippen LogP contribution in [0.15, 0.2) is 17.6 Å². The molecule has 1 aliphatic heterocycles. The van der Waals surface area contributed by atoms with Crippen LogP contribution < -0.4 is 5.32 Å². The summed E-state index contributed by atoms with van der Waals surface area (Å²) in [7, 11) is 0. The Morgan fingerprint density at radius 1 is 1.50 bits per heavy atom. The van der Waals surface area contributed by atoms with Crippen molar-refractivity contribution >= 4 is 27.8 Å². The van der Waals surface area contributed by atoms with Gasteiger partial charge in [0.15, 0.2) is 5.13 Å². The predicted octanol–water partition coefficient (Wildman–Crippen LogP) is 4.15. The second kappa shape index (κ2) is 6.24. The minimum Gasteiger partial charge on any atom is -0.362 e. The van der Waals surface area contributed by atoms with Crippen LogP contribution in [0.2, 0.25) is 0 Å². The topological polar surface area (TPSA) is 28.2 Å². The fourth-order valence-corrected chi connectivity index (χ4v) is 4.50. The molecule has 0 radical (unpaired) electrons. The molecule has 3 nitrogen and oxygen atoms in total. The van der Waals surface area contributed by atoms with Crippen LogP contribution in [0, 0.1) is 0 Å². The van der Waals surface area contributed by atoms with Crippen molar-refractivity contribution in [2.75, 3.05) is 18.4 Å². The fraction of sp³-hybridized carbons (Fsp3) is 0.533. The molecule has 5 heteroatoms. The fourth-order valence-electron chi connectivity index (χ4n) is 2.67. The summed E-state index contributed by atoms with van der Waals surface area (Å²) in [5.74, 6) is 0. The molecular weight excluding hydrogens is 286 g/mol. The highest BCUT2D eigenvalue weighted by Crippen LogP contribution is 2.34. The van der Waals surface area contributed by atoms with Crippen LogP contribution in [0.5, 0.6) is 0 Å². The first kappa shape index (κ1) is 14.0. The zero-order valence-electron chi connectivity index (χ0n) is 12.1. The summed E-state index contributed by atoms with van der Waals surface area (Å²) in [4.78, 5) is 9.95.